The molecule has 0 heterocycles. The second kappa shape index (κ2) is 12.8. The maximum Gasteiger partial charge on any atom is 0.459 e. The fourth-order valence-corrected chi connectivity index (χ4v) is 3.19. The normalized spacial score (nSPS) is 14.4. The highest BCUT2D eigenvalue weighted by Crippen LogP contribution is 2.48. The Balaban J connectivity index is 2.22. The maximum atomic E-state index is 13.7. The molecule has 2 aromatic rings. The van der Waals surface area contributed by atoms with E-state index in [-0.39, 0.29) is 30.9 Å². The second-order valence-electron chi connectivity index (χ2n) is 8.27. The molecule has 0 aliphatic carbocycles. The lowest BCUT2D eigenvalue weighted by molar-refractivity contribution is -0.355. The van der Waals surface area contributed by atoms with Gasteiger partial charge in [0, 0.05) is 6.42 Å². The summed E-state index contributed by atoms with van der Waals surface area (Å²) in [4.78, 5) is 0. The zero-order valence-electron chi connectivity index (χ0n) is 19.4. The summed E-state index contributed by atoms with van der Waals surface area (Å²) in [7, 11) is 0. The van der Waals surface area contributed by atoms with E-state index in [0.29, 0.717) is 16.9 Å². The third kappa shape index (κ3) is 8.19. The Morgan fingerprint density at radius 2 is 1.27 bits per heavy atom. The topological polar surface area (TPSA) is 99.4 Å². The molecule has 0 spiro atoms. The van der Waals surface area contributed by atoms with Crippen molar-refractivity contribution >= 4 is 0 Å². The van der Waals surface area contributed by atoms with E-state index in [1.54, 1.807) is 30.3 Å². The summed E-state index contributed by atoms with van der Waals surface area (Å²) in [5.74, 6) is -11.1. The molecule has 0 bridgehead atoms. The SMILES string of the molecule is OCC(O)COc1ccc(-c2ccc(OCC(O)CO)c(CCCC(F)(F)C(F)(F)C(F)(F)F)c2)cc1. The molecule has 0 fully saturated rings. The van der Waals surface area contributed by atoms with Crippen LogP contribution in [0.4, 0.5) is 30.7 Å². The highest BCUT2D eigenvalue weighted by atomic mass is 19.4. The first-order chi connectivity index (χ1) is 17.2. The number of hydrogen-bond donors (Lipinski definition) is 4. The van der Waals surface area contributed by atoms with E-state index < -0.39 is 56.3 Å². The fraction of sp³-hybridized carbons (Fsp3) is 0.500. The van der Waals surface area contributed by atoms with Gasteiger partial charge in [-0.25, -0.2) is 0 Å². The van der Waals surface area contributed by atoms with Crippen molar-refractivity contribution in [2.45, 2.75) is 49.5 Å². The monoisotopic (exact) mass is 544 g/mol. The van der Waals surface area contributed by atoms with Gasteiger partial charge in [-0.3, -0.25) is 0 Å². The molecule has 4 N–H and O–H groups in total. The van der Waals surface area contributed by atoms with Crippen LogP contribution in [0.1, 0.15) is 18.4 Å². The van der Waals surface area contributed by atoms with Gasteiger partial charge in [0.25, 0.3) is 0 Å². The van der Waals surface area contributed by atoms with Crippen LogP contribution in [0.25, 0.3) is 11.1 Å². The van der Waals surface area contributed by atoms with Crippen molar-refractivity contribution in [3.8, 4) is 22.6 Å². The maximum absolute atomic E-state index is 13.7. The smallest absolute Gasteiger partial charge is 0.459 e. The number of benzene rings is 2. The molecule has 0 saturated heterocycles. The number of aliphatic hydroxyl groups is 4. The van der Waals surface area contributed by atoms with E-state index in [0.717, 1.165) is 0 Å². The summed E-state index contributed by atoms with van der Waals surface area (Å²) >= 11 is 0. The van der Waals surface area contributed by atoms with Crippen LogP contribution < -0.4 is 9.47 Å². The van der Waals surface area contributed by atoms with Gasteiger partial charge in [0.2, 0.25) is 0 Å². The number of hydrogen-bond acceptors (Lipinski definition) is 6. The lowest BCUT2D eigenvalue weighted by atomic mass is 9.97. The highest BCUT2D eigenvalue weighted by Gasteiger charge is 2.72. The molecular formula is C24H27F7O6. The molecule has 2 aromatic carbocycles. The van der Waals surface area contributed by atoms with Gasteiger partial charge in [-0.2, -0.15) is 30.7 Å². The average molecular weight is 544 g/mol. The predicted octanol–water partition coefficient (Wildman–Crippen LogP) is 3.97. The fourth-order valence-electron chi connectivity index (χ4n) is 3.19. The van der Waals surface area contributed by atoms with Crippen LogP contribution in [0.3, 0.4) is 0 Å². The number of aryl methyl sites for hydroxylation is 1. The zero-order chi connectivity index (χ0) is 27.9. The van der Waals surface area contributed by atoms with Crippen molar-refractivity contribution in [2.24, 2.45) is 0 Å². The van der Waals surface area contributed by atoms with Crippen molar-refractivity contribution < 1.29 is 60.6 Å². The van der Waals surface area contributed by atoms with E-state index >= 15 is 0 Å². The summed E-state index contributed by atoms with van der Waals surface area (Å²) in [5, 5.41) is 36.6. The molecule has 6 nitrogen and oxygen atoms in total. The Morgan fingerprint density at radius 3 is 1.81 bits per heavy atom. The zero-order valence-corrected chi connectivity index (χ0v) is 19.4. The van der Waals surface area contributed by atoms with Gasteiger partial charge in [0.1, 0.15) is 36.9 Å². The minimum absolute atomic E-state index is 0.0695. The van der Waals surface area contributed by atoms with Crippen molar-refractivity contribution in [1.29, 1.82) is 0 Å². The predicted molar refractivity (Wildman–Crippen MR) is 118 cm³/mol. The lowest BCUT2D eigenvalue weighted by Gasteiger charge is -2.28. The van der Waals surface area contributed by atoms with Crippen LogP contribution in [-0.4, -0.2) is 77.1 Å². The van der Waals surface area contributed by atoms with E-state index in [2.05, 4.69) is 0 Å². The Bertz CT molecular complexity index is 983. The van der Waals surface area contributed by atoms with Gasteiger partial charge in [0.05, 0.1) is 13.2 Å². The first kappa shape index (κ1) is 30.6. The molecule has 0 saturated carbocycles. The molecule has 208 valence electrons. The molecule has 0 aliphatic rings. The molecule has 2 rings (SSSR count). The van der Waals surface area contributed by atoms with Crippen molar-refractivity contribution in [1.82, 2.24) is 0 Å². The van der Waals surface area contributed by atoms with Crippen molar-refractivity contribution in [2.75, 3.05) is 26.4 Å². The van der Waals surface area contributed by atoms with Crippen LogP contribution in [0.2, 0.25) is 0 Å². The van der Waals surface area contributed by atoms with E-state index in [1.165, 1.54) is 12.1 Å². The number of ether oxygens (including phenoxy) is 2. The van der Waals surface area contributed by atoms with Gasteiger partial charge >= 0.3 is 18.0 Å². The molecule has 0 aliphatic heterocycles. The standard InChI is InChI=1S/C24H27F7O6/c25-22(26,23(27,28)24(29,30)31)9-1-2-17-10-16(5-8-21(17)37-14-19(35)12-33)15-3-6-20(7-4-15)36-13-18(34)11-32/h3-8,10,18-19,32-35H,1-2,9,11-14H2. The lowest BCUT2D eigenvalue weighted by Crippen LogP contribution is -2.51. The quantitative estimate of drug-likeness (QED) is 0.269. The first-order valence-corrected chi connectivity index (χ1v) is 11.1. The van der Waals surface area contributed by atoms with E-state index in [9.17, 15) is 40.9 Å². The van der Waals surface area contributed by atoms with Crippen LogP contribution >= 0.6 is 0 Å². The van der Waals surface area contributed by atoms with Gasteiger partial charge in [-0.15, -0.1) is 0 Å². The Hall–Kier alpha value is -2.61. The van der Waals surface area contributed by atoms with Crippen LogP contribution in [-0.2, 0) is 6.42 Å². The number of halogens is 7. The third-order valence-electron chi connectivity index (χ3n) is 5.30. The highest BCUT2D eigenvalue weighted by molar-refractivity contribution is 5.66. The molecular weight excluding hydrogens is 517 g/mol. The van der Waals surface area contributed by atoms with Gasteiger partial charge in [-0.05, 0) is 53.8 Å². The molecule has 0 aromatic heterocycles. The Morgan fingerprint density at radius 1 is 0.730 bits per heavy atom. The molecule has 0 amide bonds. The van der Waals surface area contributed by atoms with Gasteiger partial charge < -0.3 is 29.9 Å². The van der Waals surface area contributed by atoms with E-state index in [4.69, 9.17) is 19.7 Å². The summed E-state index contributed by atoms with van der Waals surface area (Å²) in [5.41, 5.74) is 1.34. The minimum atomic E-state index is -6.41. The summed E-state index contributed by atoms with van der Waals surface area (Å²) in [6.45, 7) is -1.64. The number of aliphatic hydroxyl groups excluding tert-OH is 4. The Kier molecular flexibility index (Phi) is 10.6. The molecule has 2 unspecified atom stereocenters. The largest absolute Gasteiger partial charge is 0.491 e. The number of alkyl halides is 7. The average Bonchev–Trinajstić information content (AvgIpc) is 2.85. The van der Waals surface area contributed by atoms with Crippen LogP contribution in [0.5, 0.6) is 11.5 Å². The first-order valence-electron chi connectivity index (χ1n) is 11.1. The Labute approximate surface area is 207 Å². The van der Waals surface area contributed by atoms with Gasteiger partial charge in [0.15, 0.2) is 0 Å². The van der Waals surface area contributed by atoms with Crippen molar-refractivity contribution in [3.63, 3.8) is 0 Å². The second-order valence-corrected chi connectivity index (χ2v) is 8.27. The van der Waals surface area contributed by atoms with Crippen molar-refractivity contribution in [3.05, 3.63) is 48.0 Å². The molecule has 13 heteroatoms. The summed E-state index contributed by atoms with van der Waals surface area (Å²) in [6, 6.07) is 10.8. The van der Waals surface area contributed by atoms with Crippen LogP contribution in [0.15, 0.2) is 42.5 Å². The summed E-state index contributed by atoms with van der Waals surface area (Å²) < 4.78 is 102. The molecule has 2 atom stereocenters. The number of rotatable bonds is 14. The van der Waals surface area contributed by atoms with Crippen LogP contribution in [0, 0.1) is 0 Å². The third-order valence-corrected chi connectivity index (χ3v) is 5.30. The molecule has 37 heavy (non-hydrogen) atoms. The minimum Gasteiger partial charge on any atom is -0.491 e. The molecule has 0 radical (unpaired) electrons. The summed E-state index contributed by atoms with van der Waals surface area (Å²) in [6.07, 6.45) is -11.6. The van der Waals surface area contributed by atoms with E-state index in [1.807, 2.05) is 0 Å². The van der Waals surface area contributed by atoms with Gasteiger partial charge in [-0.1, -0.05) is 18.2 Å².